The van der Waals surface area contributed by atoms with Gasteiger partial charge in [-0.2, -0.15) is 0 Å². The summed E-state index contributed by atoms with van der Waals surface area (Å²) in [5.41, 5.74) is 0.539. The van der Waals surface area contributed by atoms with Gasteiger partial charge in [-0.15, -0.1) is 11.3 Å². The van der Waals surface area contributed by atoms with Gasteiger partial charge in [0.2, 0.25) is 5.91 Å². The molecule has 1 heterocycles. The number of carbonyl (C=O) groups is 1. The maximum Gasteiger partial charge on any atom is 0.224 e. The average molecular weight is 281 g/mol. The molecule has 1 aromatic rings. The largest absolute Gasteiger partial charge is 0.411 e. The quantitative estimate of drug-likeness (QED) is 0.505. The highest BCUT2D eigenvalue weighted by Crippen LogP contribution is 2.51. The normalized spacial score (nSPS) is 25.7. The lowest BCUT2D eigenvalue weighted by Crippen LogP contribution is -2.54. The first-order chi connectivity index (χ1) is 8.96. The Labute approximate surface area is 116 Å². The highest BCUT2D eigenvalue weighted by molar-refractivity contribution is 7.09. The van der Waals surface area contributed by atoms with Gasteiger partial charge < -0.3 is 10.5 Å². The summed E-state index contributed by atoms with van der Waals surface area (Å²) in [6.45, 7) is 6.38. The van der Waals surface area contributed by atoms with Gasteiger partial charge in [-0.3, -0.25) is 4.79 Å². The number of aromatic nitrogens is 1. The molecule has 104 valence electrons. The molecule has 1 amide bonds. The topological polar surface area (TPSA) is 74.6 Å². The Hall–Kier alpha value is -1.43. The Morgan fingerprint density at radius 2 is 2.37 bits per heavy atom. The fourth-order valence-electron chi connectivity index (χ4n) is 2.78. The summed E-state index contributed by atoms with van der Waals surface area (Å²) >= 11 is 1.53. The van der Waals surface area contributed by atoms with Crippen LogP contribution in [-0.2, 0) is 11.3 Å². The maximum absolute atomic E-state index is 12.2. The van der Waals surface area contributed by atoms with Crippen LogP contribution in [-0.4, -0.2) is 21.8 Å². The lowest BCUT2D eigenvalue weighted by molar-refractivity contribution is -0.137. The molecule has 1 aliphatic rings. The fraction of sp³-hybridized carbons (Fsp3) is 0.615. The Kier molecular flexibility index (Phi) is 3.89. The predicted octanol–water partition coefficient (Wildman–Crippen LogP) is 2.27. The summed E-state index contributed by atoms with van der Waals surface area (Å²) in [7, 11) is 0. The molecule has 1 aromatic heterocycles. The third-order valence-corrected chi connectivity index (χ3v) is 4.92. The summed E-state index contributed by atoms with van der Waals surface area (Å²) in [6, 6.07) is 0. The van der Waals surface area contributed by atoms with Crippen molar-refractivity contribution < 1.29 is 10.0 Å². The van der Waals surface area contributed by atoms with Gasteiger partial charge in [-0.25, -0.2) is 4.98 Å². The van der Waals surface area contributed by atoms with Crippen LogP contribution in [0.2, 0.25) is 0 Å². The average Bonchev–Trinajstić information content (AvgIpc) is 2.88. The van der Waals surface area contributed by atoms with E-state index in [1.165, 1.54) is 11.3 Å². The van der Waals surface area contributed by atoms with Gasteiger partial charge in [0.05, 0.1) is 12.3 Å². The minimum Gasteiger partial charge on any atom is -0.411 e. The molecule has 0 aromatic carbocycles. The number of rotatable bonds is 4. The van der Waals surface area contributed by atoms with Gasteiger partial charge in [0, 0.05) is 23.4 Å². The van der Waals surface area contributed by atoms with Crippen LogP contribution in [0.5, 0.6) is 0 Å². The van der Waals surface area contributed by atoms with Crippen molar-refractivity contribution in [2.75, 3.05) is 0 Å². The van der Waals surface area contributed by atoms with Crippen LogP contribution >= 0.6 is 11.3 Å². The number of thiazole rings is 1. The van der Waals surface area contributed by atoms with Gasteiger partial charge >= 0.3 is 0 Å². The number of hydrogen-bond donors (Lipinski definition) is 2. The summed E-state index contributed by atoms with van der Waals surface area (Å²) < 4.78 is 0. The number of nitrogens with zero attached hydrogens (tertiary/aromatic N) is 2. The number of amides is 1. The van der Waals surface area contributed by atoms with Crippen LogP contribution < -0.4 is 5.32 Å². The minimum atomic E-state index is -0.163. The molecule has 19 heavy (non-hydrogen) atoms. The van der Waals surface area contributed by atoms with E-state index in [2.05, 4.69) is 15.5 Å². The van der Waals surface area contributed by atoms with Crippen LogP contribution in [0, 0.1) is 17.3 Å². The Bertz CT molecular complexity index is 482. The van der Waals surface area contributed by atoms with Crippen molar-refractivity contribution in [1.82, 2.24) is 10.3 Å². The molecule has 0 bridgehead atoms. The maximum atomic E-state index is 12.2. The first kappa shape index (κ1) is 14.0. The van der Waals surface area contributed by atoms with E-state index in [0.29, 0.717) is 12.3 Å². The summed E-state index contributed by atoms with van der Waals surface area (Å²) in [4.78, 5) is 16.3. The molecule has 2 N–H and O–H groups in total. The molecular weight excluding hydrogens is 262 g/mol. The van der Waals surface area contributed by atoms with E-state index >= 15 is 0 Å². The summed E-state index contributed by atoms with van der Waals surface area (Å²) in [6.07, 6.45) is 2.48. The zero-order chi connectivity index (χ0) is 14.0. The zero-order valence-electron chi connectivity index (χ0n) is 11.4. The SMILES string of the molecule is C/C(=N\O)C1CC(C(=O)NCc2nccs2)C1(C)C. The second kappa shape index (κ2) is 5.28. The van der Waals surface area contributed by atoms with Crippen molar-refractivity contribution in [3.05, 3.63) is 16.6 Å². The first-order valence-corrected chi connectivity index (χ1v) is 7.19. The van der Waals surface area contributed by atoms with E-state index in [1.807, 2.05) is 19.2 Å². The monoisotopic (exact) mass is 281 g/mol. The molecular formula is C13H19N3O2S. The molecule has 0 aliphatic heterocycles. The van der Waals surface area contributed by atoms with Gasteiger partial charge in [-0.1, -0.05) is 19.0 Å². The standard InChI is InChI=1S/C13H19N3O2S/c1-8(16-18)9-6-10(13(9,2)3)12(17)15-7-11-14-4-5-19-11/h4-5,9-10,18H,6-7H2,1-3H3,(H,15,17)/b16-8+. The third-order valence-electron chi connectivity index (χ3n) is 4.14. The van der Waals surface area contributed by atoms with E-state index in [0.717, 1.165) is 11.4 Å². The predicted molar refractivity (Wildman–Crippen MR) is 74.2 cm³/mol. The van der Waals surface area contributed by atoms with Crippen LogP contribution in [0.1, 0.15) is 32.2 Å². The smallest absolute Gasteiger partial charge is 0.224 e. The molecule has 2 unspecified atom stereocenters. The molecule has 1 fully saturated rings. The van der Waals surface area contributed by atoms with Crippen LogP contribution in [0.3, 0.4) is 0 Å². The Morgan fingerprint density at radius 3 is 2.89 bits per heavy atom. The minimum absolute atomic E-state index is 0.0332. The van der Waals surface area contributed by atoms with Crippen molar-refractivity contribution in [1.29, 1.82) is 0 Å². The van der Waals surface area contributed by atoms with Crippen molar-refractivity contribution in [3.8, 4) is 0 Å². The van der Waals surface area contributed by atoms with Crippen molar-refractivity contribution >= 4 is 23.0 Å². The summed E-state index contributed by atoms with van der Waals surface area (Å²) in [5, 5.41) is 17.8. The highest BCUT2D eigenvalue weighted by Gasteiger charge is 2.52. The molecule has 0 saturated heterocycles. The molecule has 6 heteroatoms. The molecule has 2 atom stereocenters. The van der Waals surface area contributed by atoms with Crippen molar-refractivity contribution in [2.24, 2.45) is 22.4 Å². The lowest BCUT2D eigenvalue weighted by atomic mass is 9.53. The van der Waals surface area contributed by atoms with Crippen LogP contribution in [0.25, 0.3) is 0 Å². The van der Waals surface area contributed by atoms with E-state index in [9.17, 15) is 4.79 Å². The van der Waals surface area contributed by atoms with Crippen LogP contribution in [0.15, 0.2) is 16.7 Å². The van der Waals surface area contributed by atoms with Gasteiger partial charge in [-0.05, 0) is 18.8 Å². The number of hydrogen-bond acceptors (Lipinski definition) is 5. The Morgan fingerprint density at radius 1 is 1.63 bits per heavy atom. The van der Waals surface area contributed by atoms with Gasteiger partial charge in [0.1, 0.15) is 5.01 Å². The van der Waals surface area contributed by atoms with E-state index in [4.69, 9.17) is 5.21 Å². The zero-order valence-corrected chi connectivity index (χ0v) is 12.2. The van der Waals surface area contributed by atoms with E-state index < -0.39 is 0 Å². The number of oxime groups is 1. The molecule has 2 rings (SSSR count). The summed E-state index contributed by atoms with van der Waals surface area (Å²) in [5.74, 6) is 0.199. The highest BCUT2D eigenvalue weighted by atomic mass is 32.1. The molecule has 0 spiro atoms. The van der Waals surface area contributed by atoms with Crippen molar-refractivity contribution in [3.63, 3.8) is 0 Å². The Balaban J connectivity index is 1.91. The van der Waals surface area contributed by atoms with E-state index in [1.54, 1.807) is 13.1 Å². The second-order valence-electron chi connectivity index (χ2n) is 5.55. The third kappa shape index (κ3) is 2.63. The fourth-order valence-corrected chi connectivity index (χ4v) is 3.33. The molecule has 0 radical (unpaired) electrons. The van der Waals surface area contributed by atoms with Crippen LogP contribution in [0.4, 0.5) is 0 Å². The van der Waals surface area contributed by atoms with E-state index in [-0.39, 0.29) is 23.2 Å². The molecule has 5 nitrogen and oxygen atoms in total. The van der Waals surface area contributed by atoms with Crippen molar-refractivity contribution in [2.45, 2.75) is 33.7 Å². The lowest BCUT2D eigenvalue weighted by Gasteiger charge is -2.50. The molecule has 1 saturated carbocycles. The van der Waals surface area contributed by atoms with Gasteiger partial charge in [0.25, 0.3) is 0 Å². The molecule has 1 aliphatic carbocycles. The van der Waals surface area contributed by atoms with Gasteiger partial charge in [0.15, 0.2) is 0 Å². The number of carbonyl (C=O) groups excluding carboxylic acids is 1. The second-order valence-corrected chi connectivity index (χ2v) is 6.53. The first-order valence-electron chi connectivity index (χ1n) is 6.31. The number of nitrogens with one attached hydrogen (secondary N) is 1.